The third-order valence-corrected chi connectivity index (χ3v) is 1.04. The SMILES string of the molecule is CC(C)C[C@H](N)C(=O)O.[Ag]. The first-order chi connectivity index (χ1) is 4.04. The van der Waals surface area contributed by atoms with E-state index in [9.17, 15) is 4.79 Å². The number of hydrogen-bond acceptors (Lipinski definition) is 2. The molecular weight excluding hydrogens is 226 g/mol. The summed E-state index contributed by atoms with van der Waals surface area (Å²) < 4.78 is 0. The normalized spacial score (nSPS) is 12.4. The molecule has 0 aromatic rings. The van der Waals surface area contributed by atoms with Gasteiger partial charge in [0.1, 0.15) is 6.04 Å². The van der Waals surface area contributed by atoms with Crippen LogP contribution in [-0.4, -0.2) is 17.1 Å². The van der Waals surface area contributed by atoms with Crippen molar-refractivity contribution in [2.75, 3.05) is 0 Å². The van der Waals surface area contributed by atoms with Crippen LogP contribution >= 0.6 is 0 Å². The number of carboxylic acids is 1. The molecule has 0 heterocycles. The molecule has 0 aliphatic heterocycles. The Bertz CT molecular complexity index is 106. The van der Waals surface area contributed by atoms with E-state index in [1.54, 1.807) is 0 Å². The van der Waals surface area contributed by atoms with Gasteiger partial charge in [0.05, 0.1) is 0 Å². The van der Waals surface area contributed by atoms with Gasteiger partial charge < -0.3 is 10.8 Å². The van der Waals surface area contributed by atoms with Gasteiger partial charge in [-0.15, -0.1) is 0 Å². The van der Waals surface area contributed by atoms with E-state index >= 15 is 0 Å². The molecule has 65 valence electrons. The van der Waals surface area contributed by atoms with Crippen molar-refractivity contribution in [2.24, 2.45) is 11.7 Å². The summed E-state index contributed by atoms with van der Waals surface area (Å²) in [5.41, 5.74) is 5.22. The van der Waals surface area contributed by atoms with Gasteiger partial charge in [0, 0.05) is 22.4 Å². The van der Waals surface area contributed by atoms with Gasteiger partial charge >= 0.3 is 5.97 Å². The Kier molecular flexibility index (Phi) is 7.58. The molecular formula is C6H13AgNO2. The molecule has 0 aromatic heterocycles. The topological polar surface area (TPSA) is 63.3 Å². The second kappa shape index (κ2) is 5.92. The molecule has 0 aromatic carbocycles. The predicted molar refractivity (Wildman–Crippen MR) is 35.1 cm³/mol. The zero-order valence-electron chi connectivity index (χ0n) is 6.10. The van der Waals surface area contributed by atoms with Gasteiger partial charge in [0.2, 0.25) is 0 Å². The predicted octanol–water partition coefficient (Wildman–Crippen LogP) is 0.442. The van der Waals surface area contributed by atoms with E-state index in [0.29, 0.717) is 12.3 Å². The summed E-state index contributed by atoms with van der Waals surface area (Å²) >= 11 is 0. The van der Waals surface area contributed by atoms with Crippen LogP contribution in [0, 0.1) is 5.92 Å². The smallest absolute Gasteiger partial charge is 0.320 e. The van der Waals surface area contributed by atoms with Crippen LogP contribution < -0.4 is 5.73 Å². The number of carbonyl (C=O) groups is 1. The van der Waals surface area contributed by atoms with E-state index in [1.165, 1.54) is 0 Å². The molecule has 10 heavy (non-hydrogen) atoms. The summed E-state index contributed by atoms with van der Waals surface area (Å²) in [6.07, 6.45) is 0.551. The first-order valence-corrected chi connectivity index (χ1v) is 3.02. The summed E-state index contributed by atoms with van der Waals surface area (Å²) in [5, 5.41) is 8.31. The number of aliphatic carboxylic acids is 1. The first-order valence-electron chi connectivity index (χ1n) is 3.02. The van der Waals surface area contributed by atoms with E-state index in [2.05, 4.69) is 0 Å². The molecule has 3 nitrogen and oxygen atoms in total. The Morgan fingerprint density at radius 3 is 2.10 bits per heavy atom. The van der Waals surface area contributed by atoms with E-state index in [-0.39, 0.29) is 22.4 Å². The zero-order valence-corrected chi connectivity index (χ0v) is 7.58. The Labute approximate surface area is 76.5 Å². The fraction of sp³-hybridized carbons (Fsp3) is 0.833. The number of carboxylic acid groups (broad SMARTS) is 1. The third-order valence-electron chi connectivity index (χ3n) is 1.04. The molecule has 1 radical (unpaired) electrons. The van der Waals surface area contributed by atoms with Gasteiger partial charge in [-0.05, 0) is 12.3 Å². The zero-order chi connectivity index (χ0) is 7.44. The molecule has 4 heteroatoms. The van der Waals surface area contributed by atoms with Crippen molar-refractivity contribution >= 4 is 5.97 Å². The quantitative estimate of drug-likeness (QED) is 0.702. The van der Waals surface area contributed by atoms with Crippen LogP contribution in [0.3, 0.4) is 0 Å². The first kappa shape index (κ1) is 12.8. The van der Waals surface area contributed by atoms with Crippen molar-refractivity contribution in [3.05, 3.63) is 0 Å². The van der Waals surface area contributed by atoms with Gasteiger partial charge in [0.15, 0.2) is 0 Å². The molecule has 0 spiro atoms. The fourth-order valence-electron chi connectivity index (χ4n) is 0.609. The fourth-order valence-corrected chi connectivity index (χ4v) is 0.609. The second-order valence-corrected chi connectivity index (χ2v) is 2.57. The standard InChI is InChI=1S/C6H13NO2.Ag/c1-4(2)3-5(7)6(8)9;/h4-5H,3,7H2,1-2H3,(H,8,9);/t5-;/m0./s1. The molecule has 0 rings (SSSR count). The van der Waals surface area contributed by atoms with E-state index in [0.717, 1.165) is 0 Å². The van der Waals surface area contributed by atoms with Crippen molar-refractivity contribution in [1.82, 2.24) is 0 Å². The van der Waals surface area contributed by atoms with E-state index in [4.69, 9.17) is 10.8 Å². The number of rotatable bonds is 3. The molecule has 0 saturated heterocycles. The summed E-state index contributed by atoms with van der Waals surface area (Å²) in [4.78, 5) is 10.1. The molecule has 0 fully saturated rings. The van der Waals surface area contributed by atoms with Crippen molar-refractivity contribution in [2.45, 2.75) is 26.3 Å². The maximum atomic E-state index is 10.1. The van der Waals surface area contributed by atoms with E-state index < -0.39 is 12.0 Å². The van der Waals surface area contributed by atoms with Crippen molar-refractivity contribution < 1.29 is 32.3 Å². The average Bonchev–Trinajstić information content (AvgIpc) is 1.63. The summed E-state index contributed by atoms with van der Waals surface area (Å²) in [6.45, 7) is 3.89. The molecule has 0 saturated carbocycles. The number of nitrogens with two attached hydrogens (primary N) is 1. The second-order valence-electron chi connectivity index (χ2n) is 2.57. The number of hydrogen-bond donors (Lipinski definition) is 2. The van der Waals surface area contributed by atoms with Gasteiger partial charge in [0.25, 0.3) is 0 Å². The van der Waals surface area contributed by atoms with Crippen LogP contribution in [0.2, 0.25) is 0 Å². The van der Waals surface area contributed by atoms with E-state index in [1.807, 2.05) is 13.8 Å². The van der Waals surface area contributed by atoms with Crippen LogP contribution in [0.25, 0.3) is 0 Å². The molecule has 0 unspecified atom stereocenters. The van der Waals surface area contributed by atoms with Crippen LogP contribution in [0.15, 0.2) is 0 Å². The molecule has 0 bridgehead atoms. The van der Waals surface area contributed by atoms with Crippen molar-refractivity contribution in [1.29, 1.82) is 0 Å². The van der Waals surface area contributed by atoms with Crippen LogP contribution in [-0.2, 0) is 27.2 Å². The minimum absolute atomic E-state index is 0. The largest absolute Gasteiger partial charge is 0.480 e. The molecule has 1 atom stereocenters. The van der Waals surface area contributed by atoms with Gasteiger partial charge in [-0.2, -0.15) is 0 Å². The summed E-state index contributed by atoms with van der Waals surface area (Å²) in [5.74, 6) is -0.556. The maximum Gasteiger partial charge on any atom is 0.320 e. The Hall–Kier alpha value is 0.170. The van der Waals surface area contributed by atoms with Crippen LogP contribution in [0.1, 0.15) is 20.3 Å². The van der Waals surface area contributed by atoms with Crippen molar-refractivity contribution in [3.8, 4) is 0 Å². The van der Waals surface area contributed by atoms with Gasteiger partial charge in [-0.1, -0.05) is 13.8 Å². The monoisotopic (exact) mass is 238 g/mol. The third kappa shape index (κ3) is 6.29. The Morgan fingerprint density at radius 2 is 2.00 bits per heavy atom. The average molecular weight is 239 g/mol. The summed E-state index contributed by atoms with van der Waals surface area (Å²) in [7, 11) is 0. The minimum atomic E-state index is -0.913. The molecule has 0 aliphatic rings. The summed E-state index contributed by atoms with van der Waals surface area (Å²) in [6, 6.07) is -0.690. The van der Waals surface area contributed by atoms with Gasteiger partial charge in [-0.3, -0.25) is 4.79 Å². The van der Waals surface area contributed by atoms with Crippen molar-refractivity contribution in [3.63, 3.8) is 0 Å². The minimum Gasteiger partial charge on any atom is -0.480 e. The van der Waals surface area contributed by atoms with Crippen LogP contribution in [0.5, 0.6) is 0 Å². The molecule has 0 aliphatic carbocycles. The molecule has 0 amide bonds. The maximum absolute atomic E-state index is 10.1. The molecule has 3 N–H and O–H groups in total. The Morgan fingerprint density at radius 1 is 1.60 bits per heavy atom. The van der Waals surface area contributed by atoms with Gasteiger partial charge in [-0.25, -0.2) is 0 Å². The Balaban J connectivity index is 0. The van der Waals surface area contributed by atoms with Crippen LogP contribution in [0.4, 0.5) is 0 Å².